The minimum atomic E-state index is 0.319. The number of morpholine rings is 1. The van der Waals surface area contributed by atoms with Crippen molar-refractivity contribution in [2.45, 2.75) is 45.1 Å². The molecule has 2 aliphatic rings. The Bertz CT molecular complexity index is 177. The predicted molar refractivity (Wildman–Crippen MR) is 53.8 cm³/mol. The lowest BCUT2D eigenvalue weighted by molar-refractivity contribution is -0.0164. The van der Waals surface area contributed by atoms with Crippen LogP contribution in [0, 0.1) is 5.41 Å². The number of nitrogens with one attached hydrogen (secondary N) is 1. The molecular weight excluding hydrogens is 162 g/mol. The first-order valence-corrected chi connectivity index (χ1v) is 5.45. The van der Waals surface area contributed by atoms with Gasteiger partial charge in [0.1, 0.15) is 0 Å². The summed E-state index contributed by atoms with van der Waals surface area (Å²) in [6.07, 6.45) is 5.30. The van der Waals surface area contributed by atoms with Gasteiger partial charge in [-0.25, -0.2) is 0 Å². The van der Waals surface area contributed by atoms with Crippen molar-refractivity contribution in [1.29, 1.82) is 0 Å². The van der Waals surface area contributed by atoms with Gasteiger partial charge in [0.05, 0.1) is 13.2 Å². The average Bonchev–Trinajstić information content (AvgIpc) is 2.03. The Hall–Kier alpha value is -0.0800. The quantitative estimate of drug-likeness (QED) is 0.619. The first-order valence-electron chi connectivity index (χ1n) is 5.45. The molecule has 1 heterocycles. The maximum atomic E-state index is 5.59. The second-order valence-electron chi connectivity index (χ2n) is 5.45. The normalized spacial score (nSPS) is 39.2. The fraction of sp³-hybridized carbons (Fsp3) is 1.00. The molecular formula is C11H21NO. The van der Waals surface area contributed by atoms with Crippen molar-refractivity contribution in [2.75, 3.05) is 19.8 Å². The van der Waals surface area contributed by atoms with Crippen LogP contribution < -0.4 is 5.32 Å². The van der Waals surface area contributed by atoms with Gasteiger partial charge in [0.2, 0.25) is 0 Å². The largest absolute Gasteiger partial charge is 0.378 e. The predicted octanol–water partition coefficient (Wildman–Crippen LogP) is 1.95. The molecule has 1 spiro atoms. The van der Waals surface area contributed by atoms with E-state index in [4.69, 9.17) is 4.74 Å². The molecule has 0 amide bonds. The van der Waals surface area contributed by atoms with Crippen molar-refractivity contribution in [3.05, 3.63) is 0 Å². The lowest BCUT2D eigenvalue weighted by Crippen LogP contribution is -2.57. The molecule has 2 rings (SSSR count). The van der Waals surface area contributed by atoms with Crippen molar-refractivity contribution in [1.82, 2.24) is 5.32 Å². The smallest absolute Gasteiger partial charge is 0.0649 e. The summed E-state index contributed by atoms with van der Waals surface area (Å²) in [5.41, 5.74) is 0.825. The zero-order valence-electron chi connectivity index (χ0n) is 8.86. The highest BCUT2D eigenvalue weighted by molar-refractivity contribution is 4.98. The summed E-state index contributed by atoms with van der Waals surface area (Å²) in [6, 6.07) is 0. The van der Waals surface area contributed by atoms with Crippen molar-refractivity contribution < 1.29 is 4.74 Å². The van der Waals surface area contributed by atoms with E-state index in [1.807, 2.05) is 0 Å². The van der Waals surface area contributed by atoms with Gasteiger partial charge in [0.15, 0.2) is 0 Å². The molecule has 13 heavy (non-hydrogen) atoms. The van der Waals surface area contributed by atoms with E-state index < -0.39 is 0 Å². The summed E-state index contributed by atoms with van der Waals surface area (Å²) >= 11 is 0. The fourth-order valence-electron chi connectivity index (χ4n) is 2.98. The Labute approximate surface area is 81.0 Å². The fourth-order valence-corrected chi connectivity index (χ4v) is 2.98. The van der Waals surface area contributed by atoms with Gasteiger partial charge in [-0.15, -0.1) is 0 Å². The summed E-state index contributed by atoms with van der Waals surface area (Å²) in [4.78, 5) is 0. The van der Waals surface area contributed by atoms with Crippen molar-refractivity contribution in [3.63, 3.8) is 0 Å². The van der Waals surface area contributed by atoms with Gasteiger partial charge >= 0.3 is 0 Å². The third-order valence-electron chi connectivity index (χ3n) is 3.45. The van der Waals surface area contributed by atoms with Crippen LogP contribution in [0.3, 0.4) is 0 Å². The van der Waals surface area contributed by atoms with Gasteiger partial charge in [-0.1, -0.05) is 20.3 Å². The van der Waals surface area contributed by atoms with Crippen LogP contribution in [0.4, 0.5) is 0 Å². The third kappa shape index (κ3) is 2.05. The van der Waals surface area contributed by atoms with Gasteiger partial charge in [-0.3, -0.25) is 0 Å². The summed E-state index contributed by atoms with van der Waals surface area (Å²) in [5.74, 6) is 0. The topological polar surface area (TPSA) is 21.3 Å². The average molecular weight is 183 g/mol. The molecule has 1 saturated carbocycles. The first kappa shape index (κ1) is 9.47. The lowest BCUT2D eigenvalue weighted by atomic mass is 9.68. The van der Waals surface area contributed by atoms with Crippen molar-refractivity contribution >= 4 is 0 Å². The number of rotatable bonds is 0. The molecule has 2 heteroatoms. The monoisotopic (exact) mass is 183 g/mol. The molecule has 0 radical (unpaired) electrons. The van der Waals surface area contributed by atoms with E-state index in [0.29, 0.717) is 11.0 Å². The minimum Gasteiger partial charge on any atom is -0.378 e. The molecule has 1 saturated heterocycles. The summed E-state index contributed by atoms with van der Waals surface area (Å²) in [6.45, 7) is 7.61. The molecule has 1 aliphatic carbocycles. The molecule has 0 bridgehead atoms. The van der Waals surface area contributed by atoms with Crippen LogP contribution in [0.25, 0.3) is 0 Å². The summed E-state index contributed by atoms with van der Waals surface area (Å²) < 4.78 is 5.59. The highest BCUT2D eigenvalue weighted by atomic mass is 16.5. The van der Waals surface area contributed by atoms with E-state index in [2.05, 4.69) is 19.2 Å². The molecule has 76 valence electrons. The number of hydrogen-bond donors (Lipinski definition) is 1. The maximum absolute atomic E-state index is 5.59. The summed E-state index contributed by atoms with van der Waals surface area (Å²) in [7, 11) is 0. The van der Waals surface area contributed by atoms with E-state index in [9.17, 15) is 0 Å². The van der Waals surface area contributed by atoms with Crippen molar-refractivity contribution in [2.24, 2.45) is 5.41 Å². The van der Waals surface area contributed by atoms with E-state index in [-0.39, 0.29) is 0 Å². The van der Waals surface area contributed by atoms with Crippen LogP contribution >= 0.6 is 0 Å². The summed E-state index contributed by atoms with van der Waals surface area (Å²) in [5, 5.41) is 3.67. The van der Waals surface area contributed by atoms with Gasteiger partial charge in [0.25, 0.3) is 0 Å². The van der Waals surface area contributed by atoms with Crippen LogP contribution in [-0.4, -0.2) is 25.3 Å². The van der Waals surface area contributed by atoms with Gasteiger partial charge in [-0.2, -0.15) is 0 Å². The van der Waals surface area contributed by atoms with Crippen LogP contribution in [-0.2, 0) is 4.74 Å². The van der Waals surface area contributed by atoms with E-state index in [1.165, 1.54) is 25.7 Å². The van der Waals surface area contributed by atoms with Crippen LogP contribution in [0.15, 0.2) is 0 Å². The number of hydrogen-bond acceptors (Lipinski definition) is 2. The molecule has 1 atom stereocenters. The molecule has 2 nitrogen and oxygen atoms in total. The Morgan fingerprint density at radius 1 is 1.23 bits per heavy atom. The first-order chi connectivity index (χ1) is 6.12. The van der Waals surface area contributed by atoms with Crippen molar-refractivity contribution in [3.8, 4) is 0 Å². The van der Waals surface area contributed by atoms with E-state index >= 15 is 0 Å². The third-order valence-corrected chi connectivity index (χ3v) is 3.45. The van der Waals surface area contributed by atoms with Gasteiger partial charge in [0, 0.05) is 12.1 Å². The number of ether oxygens (including phenoxy) is 1. The molecule has 0 aromatic heterocycles. The molecule has 2 fully saturated rings. The van der Waals surface area contributed by atoms with E-state index in [0.717, 1.165) is 19.8 Å². The Balaban J connectivity index is 2.04. The van der Waals surface area contributed by atoms with Gasteiger partial charge < -0.3 is 10.1 Å². The Morgan fingerprint density at radius 2 is 2.08 bits per heavy atom. The van der Waals surface area contributed by atoms with Crippen LogP contribution in [0.1, 0.15) is 39.5 Å². The zero-order valence-corrected chi connectivity index (χ0v) is 8.86. The Kier molecular flexibility index (Phi) is 2.37. The lowest BCUT2D eigenvalue weighted by Gasteiger charge is -2.47. The van der Waals surface area contributed by atoms with Crippen LogP contribution in [0.5, 0.6) is 0 Å². The molecule has 0 aromatic carbocycles. The molecule has 1 unspecified atom stereocenters. The SMILES string of the molecule is CC1(C)CCCC2(COCCN2)C1. The minimum absolute atomic E-state index is 0.319. The molecule has 0 aromatic rings. The zero-order chi connectivity index (χ0) is 9.36. The Morgan fingerprint density at radius 3 is 2.69 bits per heavy atom. The van der Waals surface area contributed by atoms with E-state index in [1.54, 1.807) is 0 Å². The molecule has 1 N–H and O–H groups in total. The second kappa shape index (κ2) is 3.25. The highest BCUT2D eigenvalue weighted by Crippen LogP contribution is 2.41. The standard InChI is InChI=1S/C11H21NO/c1-10(2)4-3-5-11(8-10)9-13-7-6-12-11/h12H,3-9H2,1-2H3. The second-order valence-corrected chi connectivity index (χ2v) is 5.45. The highest BCUT2D eigenvalue weighted by Gasteiger charge is 2.40. The van der Waals surface area contributed by atoms with Crippen LogP contribution in [0.2, 0.25) is 0 Å². The van der Waals surface area contributed by atoms with Gasteiger partial charge in [-0.05, 0) is 24.7 Å². The molecule has 1 aliphatic heterocycles. The maximum Gasteiger partial charge on any atom is 0.0649 e.